The lowest BCUT2D eigenvalue weighted by atomic mass is 10.1. The number of hydrogen-bond acceptors (Lipinski definition) is 3. The molecule has 0 unspecified atom stereocenters. The van der Waals surface area contributed by atoms with Gasteiger partial charge in [-0.05, 0) is 36.2 Å². The molecule has 2 rings (SSSR count). The standard InChI is InChI=1S/C14H17N3/c1-12-10-15-8-5-13(12)11-16-9-6-14-4-2-3-7-17-14/h2-5,7-8,10,16H,6,9,11H2,1H3. The van der Waals surface area contributed by atoms with Crippen LogP contribution in [-0.2, 0) is 13.0 Å². The molecule has 0 amide bonds. The van der Waals surface area contributed by atoms with Crippen molar-refractivity contribution in [3.05, 3.63) is 59.7 Å². The van der Waals surface area contributed by atoms with Crippen LogP contribution in [0.25, 0.3) is 0 Å². The molecule has 17 heavy (non-hydrogen) atoms. The minimum absolute atomic E-state index is 0.890. The Labute approximate surface area is 102 Å². The summed E-state index contributed by atoms with van der Waals surface area (Å²) in [6.07, 6.45) is 6.53. The van der Waals surface area contributed by atoms with Gasteiger partial charge in [-0.1, -0.05) is 6.07 Å². The Kier molecular flexibility index (Phi) is 4.22. The third-order valence-corrected chi connectivity index (χ3v) is 2.74. The molecule has 0 spiro atoms. The average molecular weight is 227 g/mol. The van der Waals surface area contributed by atoms with Gasteiger partial charge < -0.3 is 5.32 Å². The van der Waals surface area contributed by atoms with Gasteiger partial charge >= 0.3 is 0 Å². The van der Waals surface area contributed by atoms with Gasteiger partial charge in [-0.25, -0.2) is 0 Å². The predicted molar refractivity (Wildman–Crippen MR) is 68.6 cm³/mol. The van der Waals surface area contributed by atoms with Crippen molar-refractivity contribution in [1.29, 1.82) is 0 Å². The van der Waals surface area contributed by atoms with Crippen LogP contribution >= 0.6 is 0 Å². The fraction of sp³-hybridized carbons (Fsp3) is 0.286. The highest BCUT2D eigenvalue weighted by Gasteiger charge is 1.97. The fourth-order valence-electron chi connectivity index (χ4n) is 1.69. The monoisotopic (exact) mass is 227 g/mol. The van der Waals surface area contributed by atoms with Crippen LogP contribution in [0.5, 0.6) is 0 Å². The molecule has 0 bridgehead atoms. The van der Waals surface area contributed by atoms with Gasteiger partial charge in [0.25, 0.3) is 0 Å². The molecular weight excluding hydrogens is 210 g/mol. The zero-order valence-corrected chi connectivity index (χ0v) is 10.1. The van der Waals surface area contributed by atoms with Gasteiger partial charge in [-0.2, -0.15) is 0 Å². The Morgan fingerprint density at radius 2 is 2.12 bits per heavy atom. The van der Waals surface area contributed by atoms with Crippen LogP contribution in [0.2, 0.25) is 0 Å². The van der Waals surface area contributed by atoms with Crippen LogP contribution in [0.15, 0.2) is 42.9 Å². The normalized spacial score (nSPS) is 10.4. The third kappa shape index (κ3) is 3.64. The lowest BCUT2D eigenvalue weighted by Crippen LogP contribution is -2.17. The van der Waals surface area contributed by atoms with Gasteiger partial charge in [0, 0.05) is 43.8 Å². The quantitative estimate of drug-likeness (QED) is 0.795. The summed E-state index contributed by atoms with van der Waals surface area (Å²) in [7, 11) is 0. The van der Waals surface area contributed by atoms with Crippen molar-refractivity contribution in [2.45, 2.75) is 19.9 Å². The van der Waals surface area contributed by atoms with E-state index < -0.39 is 0 Å². The molecular formula is C14H17N3. The van der Waals surface area contributed by atoms with Crippen LogP contribution in [-0.4, -0.2) is 16.5 Å². The predicted octanol–water partition coefficient (Wildman–Crippen LogP) is 2.12. The number of aryl methyl sites for hydroxylation is 1. The van der Waals surface area contributed by atoms with Crippen LogP contribution < -0.4 is 5.32 Å². The second kappa shape index (κ2) is 6.11. The van der Waals surface area contributed by atoms with Crippen molar-refractivity contribution < 1.29 is 0 Å². The SMILES string of the molecule is Cc1cnccc1CNCCc1ccccn1. The van der Waals surface area contributed by atoms with Crippen molar-refractivity contribution in [1.82, 2.24) is 15.3 Å². The molecule has 0 saturated heterocycles. The van der Waals surface area contributed by atoms with E-state index in [4.69, 9.17) is 0 Å². The van der Waals surface area contributed by atoms with E-state index in [0.29, 0.717) is 0 Å². The summed E-state index contributed by atoms with van der Waals surface area (Å²) in [5, 5.41) is 3.42. The summed E-state index contributed by atoms with van der Waals surface area (Å²) in [6.45, 7) is 3.92. The molecule has 0 fully saturated rings. The highest BCUT2D eigenvalue weighted by atomic mass is 14.9. The summed E-state index contributed by atoms with van der Waals surface area (Å²) >= 11 is 0. The lowest BCUT2D eigenvalue weighted by molar-refractivity contribution is 0.677. The number of nitrogens with one attached hydrogen (secondary N) is 1. The van der Waals surface area contributed by atoms with Crippen molar-refractivity contribution >= 4 is 0 Å². The fourth-order valence-corrected chi connectivity index (χ4v) is 1.69. The summed E-state index contributed by atoms with van der Waals surface area (Å²) in [5.74, 6) is 0. The van der Waals surface area contributed by atoms with Crippen LogP contribution in [0, 0.1) is 6.92 Å². The molecule has 0 atom stereocenters. The summed E-state index contributed by atoms with van der Waals surface area (Å²) in [5.41, 5.74) is 3.67. The lowest BCUT2D eigenvalue weighted by Gasteiger charge is -2.06. The van der Waals surface area contributed by atoms with Crippen molar-refractivity contribution in [3.8, 4) is 0 Å². The van der Waals surface area contributed by atoms with E-state index in [1.807, 2.05) is 30.7 Å². The first kappa shape index (κ1) is 11.7. The maximum Gasteiger partial charge on any atom is 0.0416 e. The topological polar surface area (TPSA) is 37.8 Å². The zero-order chi connectivity index (χ0) is 11.9. The van der Waals surface area contributed by atoms with Gasteiger partial charge in [0.15, 0.2) is 0 Å². The molecule has 2 heterocycles. The molecule has 88 valence electrons. The van der Waals surface area contributed by atoms with E-state index in [0.717, 1.165) is 25.2 Å². The Morgan fingerprint density at radius 1 is 1.18 bits per heavy atom. The Hall–Kier alpha value is -1.74. The summed E-state index contributed by atoms with van der Waals surface area (Å²) in [4.78, 5) is 8.37. The Balaban J connectivity index is 1.76. The number of hydrogen-bond donors (Lipinski definition) is 1. The van der Waals surface area contributed by atoms with E-state index in [9.17, 15) is 0 Å². The average Bonchev–Trinajstić information content (AvgIpc) is 2.38. The molecule has 0 saturated carbocycles. The number of aromatic nitrogens is 2. The number of pyridine rings is 2. The van der Waals surface area contributed by atoms with Crippen molar-refractivity contribution in [2.24, 2.45) is 0 Å². The highest BCUT2D eigenvalue weighted by molar-refractivity contribution is 5.21. The Morgan fingerprint density at radius 3 is 2.88 bits per heavy atom. The van der Waals surface area contributed by atoms with E-state index in [-0.39, 0.29) is 0 Å². The second-order valence-corrected chi connectivity index (χ2v) is 4.05. The van der Waals surface area contributed by atoms with Gasteiger partial charge in [-0.3, -0.25) is 9.97 Å². The van der Waals surface area contributed by atoms with Gasteiger partial charge in [0.2, 0.25) is 0 Å². The smallest absolute Gasteiger partial charge is 0.0416 e. The first-order valence-electron chi connectivity index (χ1n) is 5.86. The highest BCUT2D eigenvalue weighted by Crippen LogP contribution is 2.04. The largest absolute Gasteiger partial charge is 0.312 e. The minimum Gasteiger partial charge on any atom is -0.312 e. The van der Waals surface area contributed by atoms with E-state index in [1.54, 1.807) is 0 Å². The van der Waals surface area contributed by atoms with E-state index in [1.165, 1.54) is 11.1 Å². The van der Waals surface area contributed by atoms with Crippen LogP contribution in [0.4, 0.5) is 0 Å². The second-order valence-electron chi connectivity index (χ2n) is 4.05. The first-order chi connectivity index (χ1) is 8.36. The molecule has 3 heteroatoms. The molecule has 0 radical (unpaired) electrons. The zero-order valence-electron chi connectivity index (χ0n) is 10.1. The van der Waals surface area contributed by atoms with Crippen molar-refractivity contribution in [3.63, 3.8) is 0 Å². The third-order valence-electron chi connectivity index (χ3n) is 2.74. The maximum absolute atomic E-state index is 4.29. The molecule has 2 aromatic rings. The number of nitrogens with zero attached hydrogens (tertiary/aromatic N) is 2. The Bertz CT molecular complexity index is 454. The van der Waals surface area contributed by atoms with E-state index in [2.05, 4.69) is 34.3 Å². The molecule has 1 N–H and O–H groups in total. The molecule has 0 aliphatic rings. The number of rotatable bonds is 5. The first-order valence-corrected chi connectivity index (χ1v) is 5.86. The molecule has 2 aromatic heterocycles. The van der Waals surface area contributed by atoms with Crippen LogP contribution in [0.1, 0.15) is 16.8 Å². The summed E-state index contributed by atoms with van der Waals surface area (Å²) in [6, 6.07) is 8.08. The maximum atomic E-state index is 4.29. The molecule has 0 aromatic carbocycles. The summed E-state index contributed by atoms with van der Waals surface area (Å²) < 4.78 is 0. The van der Waals surface area contributed by atoms with Crippen LogP contribution in [0.3, 0.4) is 0 Å². The van der Waals surface area contributed by atoms with Gasteiger partial charge in [0.1, 0.15) is 0 Å². The minimum atomic E-state index is 0.890. The molecule has 0 aliphatic heterocycles. The van der Waals surface area contributed by atoms with Crippen molar-refractivity contribution in [2.75, 3.05) is 6.54 Å². The van der Waals surface area contributed by atoms with Gasteiger partial charge in [0.05, 0.1) is 0 Å². The van der Waals surface area contributed by atoms with Gasteiger partial charge in [-0.15, -0.1) is 0 Å². The molecule has 0 aliphatic carbocycles. The van der Waals surface area contributed by atoms with E-state index >= 15 is 0 Å². The molecule has 3 nitrogen and oxygen atoms in total.